The molecule has 1 rings (SSSR count). The van der Waals surface area contributed by atoms with Crippen molar-refractivity contribution in [1.82, 2.24) is 5.32 Å². The van der Waals surface area contributed by atoms with Gasteiger partial charge in [-0.05, 0) is 30.6 Å². The fraction of sp³-hybridized carbons (Fsp3) is 0.933. The summed E-state index contributed by atoms with van der Waals surface area (Å²) in [6.45, 7) is 9.29. The molecule has 3 heteroatoms. The van der Waals surface area contributed by atoms with Crippen LogP contribution in [-0.4, -0.2) is 18.0 Å². The third-order valence-corrected chi connectivity index (χ3v) is 4.31. The Morgan fingerprint density at radius 2 is 2.06 bits per heavy atom. The van der Waals surface area contributed by atoms with Crippen LogP contribution in [0.5, 0.6) is 0 Å². The highest BCUT2D eigenvalue weighted by Crippen LogP contribution is 2.33. The fourth-order valence-corrected chi connectivity index (χ4v) is 2.78. The van der Waals surface area contributed by atoms with Crippen LogP contribution >= 0.6 is 0 Å². The highest BCUT2D eigenvalue weighted by Gasteiger charge is 2.38. The number of nitrogens with two attached hydrogens (primary N) is 1. The molecule has 2 unspecified atom stereocenters. The van der Waals surface area contributed by atoms with Gasteiger partial charge in [0.2, 0.25) is 5.91 Å². The molecule has 0 aromatic rings. The van der Waals surface area contributed by atoms with Crippen LogP contribution in [0.2, 0.25) is 0 Å². The highest BCUT2D eigenvalue weighted by atomic mass is 16.1. The van der Waals surface area contributed by atoms with E-state index < -0.39 is 0 Å². The van der Waals surface area contributed by atoms with Crippen molar-refractivity contribution in [3.63, 3.8) is 0 Å². The maximum absolute atomic E-state index is 12.1. The van der Waals surface area contributed by atoms with Gasteiger partial charge >= 0.3 is 0 Å². The molecule has 2 atom stereocenters. The lowest BCUT2D eigenvalue weighted by molar-refractivity contribution is -0.124. The number of hydrogen-bond acceptors (Lipinski definition) is 2. The van der Waals surface area contributed by atoms with Crippen molar-refractivity contribution in [2.75, 3.05) is 6.54 Å². The van der Waals surface area contributed by atoms with Gasteiger partial charge in [-0.3, -0.25) is 4.79 Å². The molecule has 3 nitrogen and oxygen atoms in total. The maximum atomic E-state index is 12.1. The summed E-state index contributed by atoms with van der Waals surface area (Å²) in [5.41, 5.74) is 6.01. The molecule has 106 valence electrons. The molecule has 0 radical (unpaired) electrons. The Balaban J connectivity index is 2.54. The van der Waals surface area contributed by atoms with Crippen LogP contribution in [0.1, 0.15) is 66.2 Å². The number of amides is 1. The van der Waals surface area contributed by atoms with E-state index in [0.29, 0.717) is 18.9 Å². The molecule has 0 spiro atoms. The Morgan fingerprint density at radius 3 is 2.56 bits per heavy atom. The Labute approximate surface area is 112 Å². The quantitative estimate of drug-likeness (QED) is 0.810. The molecule has 0 aromatic carbocycles. The first-order valence-corrected chi connectivity index (χ1v) is 7.30. The smallest absolute Gasteiger partial charge is 0.220 e. The summed E-state index contributed by atoms with van der Waals surface area (Å²) < 4.78 is 0. The van der Waals surface area contributed by atoms with Gasteiger partial charge < -0.3 is 11.1 Å². The van der Waals surface area contributed by atoms with Crippen molar-refractivity contribution in [2.45, 2.75) is 71.8 Å². The van der Waals surface area contributed by atoms with E-state index in [0.717, 1.165) is 12.8 Å². The number of carbonyl (C=O) groups is 1. The minimum Gasteiger partial charge on any atom is -0.349 e. The zero-order valence-corrected chi connectivity index (χ0v) is 12.5. The largest absolute Gasteiger partial charge is 0.349 e. The van der Waals surface area contributed by atoms with Gasteiger partial charge in [-0.2, -0.15) is 0 Å². The Morgan fingerprint density at radius 1 is 1.39 bits per heavy atom. The molecule has 1 amide bonds. The predicted octanol–water partition coefficient (Wildman–Crippen LogP) is 2.84. The van der Waals surface area contributed by atoms with Gasteiger partial charge in [0.1, 0.15) is 0 Å². The predicted molar refractivity (Wildman–Crippen MR) is 76.2 cm³/mol. The number of hydrogen-bond donors (Lipinski definition) is 2. The van der Waals surface area contributed by atoms with Crippen LogP contribution in [0.4, 0.5) is 0 Å². The van der Waals surface area contributed by atoms with E-state index >= 15 is 0 Å². The number of rotatable bonds is 4. The molecule has 0 heterocycles. The van der Waals surface area contributed by atoms with E-state index in [1.165, 1.54) is 19.3 Å². The van der Waals surface area contributed by atoms with Crippen molar-refractivity contribution in [3.8, 4) is 0 Å². The third kappa shape index (κ3) is 4.27. The van der Waals surface area contributed by atoms with Crippen molar-refractivity contribution in [3.05, 3.63) is 0 Å². The molecule has 1 saturated carbocycles. The molecule has 0 bridgehead atoms. The van der Waals surface area contributed by atoms with Crippen LogP contribution in [-0.2, 0) is 4.79 Å². The minimum absolute atomic E-state index is 0.146. The number of carbonyl (C=O) groups excluding carboxylic acids is 1. The molecule has 3 N–H and O–H groups in total. The van der Waals surface area contributed by atoms with Gasteiger partial charge in [0, 0.05) is 13.0 Å². The summed E-state index contributed by atoms with van der Waals surface area (Å²) >= 11 is 0. The van der Waals surface area contributed by atoms with Gasteiger partial charge in [-0.15, -0.1) is 0 Å². The summed E-state index contributed by atoms with van der Waals surface area (Å²) in [4.78, 5) is 12.1. The second-order valence-electron chi connectivity index (χ2n) is 7.12. The van der Waals surface area contributed by atoms with E-state index in [1.54, 1.807) is 0 Å². The van der Waals surface area contributed by atoms with E-state index in [9.17, 15) is 4.79 Å². The van der Waals surface area contributed by atoms with Crippen molar-refractivity contribution in [2.24, 2.45) is 17.1 Å². The molecule has 1 aliphatic carbocycles. The molecule has 0 aromatic heterocycles. The molecule has 0 saturated heterocycles. The normalized spacial score (nSPS) is 29.1. The van der Waals surface area contributed by atoms with Crippen molar-refractivity contribution >= 4 is 5.91 Å². The zero-order chi connectivity index (χ0) is 13.8. The van der Waals surface area contributed by atoms with E-state index in [2.05, 4.69) is 33.0 Å². The first kappa shape index (κ1) is 15.5. The monoisotopic (exact) mass is 254 g/mol. The lowest BCUT2D eigenvalue weighted by Crippen LogP contribution is -2.59. The Hall–Kier alpha value is -0.570. The third-order valence-electron chi connectivity index (χ3n) is 4.31. The second-order valence-corrected chi connectivity index (χ2v) is 7.12. The SMILES string of the molecule is CC1CCCCC1(CN)NC(=O)CCC(C)(C)C. The molecule has 0 aliphatic heterocycles. The van der Waals surface area contributed by atoms with Crippen LogP contribution in [0, 0.1) is 11.3 Å². The maximum Gasteiger partial charge on any atom is 0.220 e. The summed E-state index contributed by atoms with van der Waals surface area (Å²) in [5, 5.41) is 3.24. The average molecular weight is 254 g/mol. The number of nitrogens with one attached hydrogen (secondary N) is 1. The van der Waals surface area contributed by atoms with Crippen LogP contribution in [0.15, 0.2) is 0 Å². The van der Waals surface area contributed by atoms with Gasteiger partial charge in [-0.1, -0.05) is 40.5 Å². The standard InChI is InChI=1S/C15H30N2O/c1-12-7-5-6-9-15(12,11-16)17-13(18)8-10-14(2,3)4/h12H,5-11,16H2,1-4H3,(H,17,18). The molecular weight excluding hydrogens is 224 g/mol. The van der Waals surface area contributed by atoms with E-state index in [4.69, 9.17) is 5.73 Å². The van der Waals surface area contributed by atoms with Gasteiger partial charge in [0.25, 0.3) is 0 Å². The minimum atomic E-state index is -0.146. The highest BCUT2D eigenvalue weighted by molar-refractivity contribution is 5.77. The van der Waals surface area contributed by atoms with Gasteiger partial charge in [0.05, 0.1) is 5.54 Å². The van der Waals surface area contributed by atoms with Crippen LogP contribution in [0.3, 0.4) is 0 Å². The van der Waals surface area contributed by atoms with Gasteiger partial charge in [0.15, 0.2) is 0 Å². The van der Waals surface area contributed by atoms with E-state index in [1.807, 2.05) is 0 Å². The summed E-state index contributed by atoms with van der Waals surface area (Å²) in [5.74, 6) is 0.666. The second kappa shape index (κ2) is 6.05. The first-order chi connectivity index (χ1) is 8.29. The lowest BCUT2D eigenvalue weighted by Gasteiger charge is -2.42. The lowest BCUT2D eigenvalue weighted by atomic mass is 9.73. The topological polar surface area (TPSA) is 55.1 Å². The molecule has 18 heavy (non-hydrogen) atoms. The Kier molecular flexibility index (Phi) is 5.20. The fourth-order valence-electron chi connectivity index (χ4n) is 2.78. The molecule has 1 fully saturated rings. The molecular formula is C15H30N2O. The molecule has 1 aliphatic rings. The summed E-state index contributed by atoms with van der Waals surface area (Å²) in [6.07, 6.45) is 6.19. The Bertz CT molecular complexity index is 283. The van der Waals surface area contributed by atoms with Crippen LogP contribution < -0.4 is 11.1 Å². The van der Waals surface area contributed by atoms with Crippen molar-refractivity contribution < 1.29 is 4.79 Å². The average Bonchev–Trinajstić information content (AvgIpc) is 2.29. The van der Waals surface area contributed by atoms with Crippen molar-refractivity contribution in [1.29, 1.82) is 0 Å². The van der Waals surface area contributed by atoms with Gasteiger partial charge in [-0.25, -0.2) is 0 Å². The first-order valence-electron chi connectivity index (χ1n) is 7.30. The summed E-state index contributed by atoms with van der Waals surface area (Å²) in [7, 11) is 0. The van der Waals surface area contributed by atoms with Crippen LogP contribution in [0.25, 0.3) is 0 Å². The zero-order valence-electron chi connectivity index (χ0n) is 12.5. The van der Waals surface area contributed by atoms with E-state index in [-0.39, 0.29) is 16.9 Å². The summed E-state index contributed by atoms with van der Waals surface area (Å²) in [6, 6.07) is 0.